The molecule has 0 atom stereocenters. The summed E-state index contributed by atoms with van der Waals surface area (Å²) in [5.41, 5.74) is 1.60. The summed E-state index contributed by atoms with van der Waals surface area (Å²) in [5, 5.41) is 5.97. The van der Waals surface area contributed by atoms with E-state index in [4.69, 9.17) is 14.2 Å². The topological polar surface area (TPSA) is 68.8 Å². The molecule has 6 nitrogen and oxygen atoms in total. The van der Waals surface area contributed by atoms with Crippen LogP contribution in [0, 0.1) is 0 Å². The molecular formula is C23H32N2O4. The number of carbonyl (C=O) groups excluding carboxylic acids is 1. The molecule has 0 unspecified atom stereocenters. The minimum Gasteiger partial charge on any atom is -0.494 e. The maximum absolute atomic E-state index is 12.1. The van der Waals surface area contributed by atoms with E-state index in [9.17, 15) is 4.79 Å². The standard InChI is InChI=1S/C23H32N2O4/c1-3-4-5-6-15-28-21-13-9-20(10-14-21)25-23(26)18-24-19-7-11-22(12-8-19)29-17-16-27-2/h7-14,24H,3-6,15-18H2,1-2H3,(H,25,26). The molecule has 2 N–H and O–H groups in total. The predicted molar refractivity (Wildman–Crippen MR) is 117 cm³/mol. The van der Waals surface area contributed by atoms with Crippen molar-refractivity contribution in [2.45, 2.75) is 32.6 Å². The lowest BCUT2D eigenvalue weighted by molar-refractivity contribution is -0.114. The molecule has 0 aromatic heterocycles. The van der Waals surface area contributed by atoms with Crippen LogP contribution in [0.1, 0.15) is 32.6 Å². The molecule has 0 radical (unpaired) electrons. The summed E-state index contributed by atoms with van der Waals surface area (Å²) in [7, 11) is 1.64. The van der Waals surface area contributed by atoms with E-state index in [-0.39, 0.29) is 12.5 Å². The Morgan fingerprint density at radius 2 is 1.41 bits per heavy atom. The predicted octanol–water partition coefficient (Wildman–Crippen LogP) is 4.72. The van der Waals surface area contributed by atoms with E-state index in [0.29, 0.717) is 13.2 Å². The maximum atomic E-state index is 12.1. The molecule has 29 heavy (non-hydrogen) atoms. The number of nitrogens with one attached hydrogen (secondary N) is 2. The molecule has 1 amide bonds. The Bertz CT molecular complexity index is 702. The van der Waals surface area contributed by atoms with E-state index in [1.54, 1.807) is 7.11 Å². The van der Waals surface area contributed by atoms with Crippen LogP contribution in [-0.2, 0) is 9.53 Å². The lowest BCUT2D eigenvalue weighted by Crippen LogP contribution is -2.21. The third kappa shape index (κ3) is 9.34. The highest BCUT2D eigenvalue weighted by molar-refractivity contribution is 5.93. The van der Waals surface area contributed by atoms with Crippen molar-refractivity contribution in [2.75, 3.05) is 44.1 Å². The number of benzene rings is 2. The monoisotopic (exact) mass is 400 g/mol. The second kappa shape index (κ2) is 13.4. The number of rotatable bonds is 14. The van der Waals surface area contributed by atoms with Crippen molar-refractivity contribution in [3.63, 3.8) is 0 Å². The highest BCUT2D eigenvalue weighted by atomic mass is 16.5. The lowest BCUT2D eigenvalue weighted by Gasteiger charge is -2.10. The quantitative estimate of drug-likeness (QED) is 0.449. The molecule has 2 rings (SSSR count). The van der Waals surface area contributed by atoms with E-state index in [0.717, 1.165) is 35.9 Å². The highest BCUT2D eigenvalue weighted by Gasteiger charge is 2.03. The zero-order valence-electron chi connectivity index (χ0n) is 17.4. The molecular weight excluding hydrogens is 368 g/mol. The lowest BCUT2D eigenvalue weighted by atomic mass is 10.2. The number of hydrogen-bond acceptors (Lipinski definition) is 5. The Morgan fingerprint density at radius 3 is 2.03 bits per heavy atom. The van der Waals surface area contributed by atoms with Crippen molar-refractivity contribution in [2.24, 2.45) is 0 Å². The number of carbonyl (C=O) groups is 1. The average Bonchev–Trinajstić information content (AvgIpc) is 2.74. The molecule has 2 aromatic carbocycles. The Morgan fingerprint density at radius 1 is 0.793 bits per heavy atom. The summed E-state index contributed by atoms with van der Waals surface area (Å²) in [6.45, 7) is 4.16. The number of ether oxygens (including phenoxy) is 3. The van der Waals surface area contributed by atoms with E-state index >= 15 is 0 Å². The van der Waals surface area contributed by atoms with Crippen molar-refractivity contribution in [3.8, 4) is 11.5 Å². The van der Waals surface area contributed by atoms with Crippen molar-refractivity contribution in [3.05, 3.63) is 48.5 Å². The van der Waals surface area contributed by atoms with E-state index in [1.165, 1.54) is 19.3 Å². The SMILES string of the molecule is CCCCCCOc1ccc(NC(=O)CNc2ccc(OCCOC)cc2)cc1. The second-order valence-corrected chi connectivity index (χ2v) is 6.70. The Balaban J connectivity index is 1.68. The van der Waals surface area contributed by atoms with E-state index < -0.39 is 0 Å². The van der Waals surface area contributed by atoms with Gasteiger partial charge < -0.3 is 24.8 Å². The average molecular weight is 401 g/mol. The maximum Gasteiger partial charge on any atom is 0.243 e. The van der Waals surface area contributed by atoms with Crippen LogP contribution in [0.5, 0.6) is 11.5 Å². The fourth-order valence-electron chi connectivity index (χ4n) is 2.65. The summed E-state index contributed by atoms with van der Waals surface area (Å²) >= 11 is 0. The normalized spacial score (nSPS) is 10.4. The van der Waals surface area contributed by atoms with Gasteiger partial charge in [0.05, 0.1) is 19.8 Å². The van der Waals surface area contributed by atoms with Crippen LogP contribution in [0.2, 0.25) is 0 Å². The van der Waals surface area contributed by atoms with Gasteiger partial charge in [-0.15, -0.1) is 0 Å². The molecule has 0 spiro atoms. The first-order valence-corrected chi connectivity index (χ1v) is 10.2. The van der Waals surface area contributed by atoms with Gasteiger partial charge in [0, 0.05) is 18.5 Å². The molecule has 0 aliphatic carbocycles. The van der Waals surface area contributed by atoms with Crippen molar-refractivity contribution >= 4 is 17.3 Å². The third-order valence-electron chi connectivity index (χ3n) is 4.27. The number of unbranched alkanes of at least 4 members (excludes halogenated alkanes) is 3. The summed E-state index contributed by atoms with van der Waals surface area (Å²) in [4.78, 5) is 12.1. The van der Waals surface area contributed by atoms with Gasteiger partial charge in [-0.1, -0.05) is 26.2 Å². The zero-order valence-corrected chi connectivity index (χ0v) is 17.4. The zero-order chi connectivity index (χ0) is 20.7. The second-order valence-electron chi connectivity index (χ2n) is 6.70. The third-order valence-corrected chi connectivity index (χ3v) is 4.27. The molecule has 2 aromatic rings. The number of methoxy groups -OCH3 is 1. The van der Waals surface area contributed by atoms with Gasteiger partial charge >= 0.3 is 0 Å². The van der Waals surface area contributed by atoms with Crippen LogP contribution in [0.3, 0.4) is 0 Å². The summed E-state index contributed by atoms with van der Waals surface area (Å²) in [5.74, 6) is 1.48. The number of hydrogen-bond donors (Lipinski definition) is 2. The molecule has 6 heteroatoms. The molecule has 0 aliphatic heterocycles. The van der Waals surface area contributed by atoms with Crippen LogP contribution in [-0.4, -0.2) is 39.4 Å². The molecule has 158 valence electrons. The summed E-state index contributed by atoms with van der Waals surface area (Å²) < 4.78 is 16.2. The van der Waals surface area contributed by atoms with Gasteiger partial charge in [0.25, 0.3) is 0 Å². The Kier molecular flexibility index (Phi) is 10.5. The highest BCUT2D eigenvalue weighted by Crippen LogP contribution is 2.17. The number of anilines is 2. The van der Waals surface area contributed by atoms with Gasteiger partial charge in [0.1, 0.15) is 18.1 Å². The van der Waals surface area contributed by atoms with Crippen LogP contribution in [0.25, 0.3) is 0 Å². The van der Waals surface area contributed by atoms with Crippen LogP contribution < -0.4 is 20.1 Å². The van der Waals surface area contributed by atoms with Gasteiger partial charge in [-0.05, 0) is 55.0 Å². The number of amides is 1. The minimum atomic E-state index is -0.112. The van der Waals surface area contributed by atoms with E-state index in [2.05, 4.69) is 17.6 Å². The first-order valence-electron chi connectivity index (χ1n) is 10.2. The summed E-state index contributed by atoms with van der Waals surface area (Å²) in [6.07, 6.45) is 4.73. The molecule has 0 aliphatic rings. The van der Waals surface area contributed by atoms with Crippen molar-refractivity contribution in [1.82, 2.24) is 0 Å². The fraction of sp³-hybridized carbons (Fsp3) is 0.435. The fourth-order valence-corrected chi connectivity index (χ4v) is 2.65. The Hall–Kier alpha value is -2.73. The van der Waals surface area contributed by atoms with Gasteiger partial charge in [-0.25, -0.2) is 0 Å². The van der Waals surface area contributed by atoms with Crippen LogP contribution in [0.4, 0.5) is 11.4 Å². The molecule has 0 saturated carbocycles. The first kappa shape index (κ1) is 22.6. The van der Waals surface area contributed by atoms with Gasteiger partial charge in [0.15, 0.2) is 0 Å². The first-order chi connectivity index (χ1) is 14.2. The molecule has 0 heterocycles. The van der Waals surface area contributed by atoms with Crippen molar-refractivity contribution < 1.29 is 19.0 Å². The molecule has 0 fully saturated rings. The molecule has 0 bridgehead atoms. The minimum absolute atomic E-state index is 0.112. The van der Waals surface area contributed by atoms with Crippen LogP contribution >= 0.6 is 0 Å². The Labute approximate surface area is 173 Å². The van der Waals surface area contributed by atoms with Gasteiger partial charge in [-0.2, -0.15) is 0 Å². The van der Waals surface area contributed by atoms with E-state index in [1.807, 2.05) is 48.5 Å². The van der Waals surface area contributed by atoms with Gasteiger partial charge in [-0.3, -0.25) is 4.79 Å². The molecule has 0 saturated heterocycles. The van der Waals surface area contributed by atoms with Gasteiger partial charge in [0.2, 0.25) is 5.91 Å². The van der Waals surface area contributed by atoms with Crippen molar-refractivity contribution in [1.29, 1.82) is 0 Å². The smallest absolute Gasteiger partial charge is 0.243 e. The summed E-state index contributed by atoms with van der Waals surface area (Å²) in [6, 6.07) is 14.9. The largest absolute Gasteiger partial charge is 0.494 e. The van der Waals surface area contributed by atoms with Crippen LogP contribution in [0.15, 0.2) is 48.5 Å².